The van der Waals surface area contributed by atoms with Crippen molar-refractivity contribution in [3.63, 3.8) is 0 Å². The zero-order chi connectivity index (χ0) is 20.1. The number of imidazole rings is 1. The van der Waals surface area contributed by atoms with Crippen LogP contribution in [0, 0.1) is 0 Å². The standard InChI is InChI=1S/C22H20ClN3O3/c1-29-14-8-6-13(7-9-14)20-19-16(15-4-2-3-5-17(15)24-19)12-18-21(27)25(11-10-23)22(28)26(18)20/h2-9,20,24,27H,10-12H2,1H3/t20-/m0/s1. The van der Waals surface area contributed by atoms with Gasteiger partial charge in [0.1, 0.15) is 11.8 Å². The van der Waals surface area contributed by atoms with Gasteiger partial charge in [-0.2, -0.15) is 0 Å². The van der Waals surface area contributed by atoms with Crippen LogP contribution in [0.4, 0.5) is 0 Å². The summed E-state index contributed by atoms with van der Waals surface area (Å²) in [7, 11) is 1.62. The van der Waals surface area contributed by atoms with Crippen molar-refractivity contribution < 1.29 is 9.84 Å². The third-order valence-corrected chi connectivity index (χ3v) is 5.87. The van der Waals surface area contributed by atoms with Gasteiger partial charge in [0.15, 0.2) is 0 Å². The third kappa shape index (κ3) is 2.59. The molecule has 2 aromatic carbocycles. The number of methoxy groups -OCH3 is 1. The predicted octanol–water partition coefficient (Wildman–Crippen LogP) is 3.63. The van der Waals surface area contributed by atoms with Crippen molar-refractivity contribution in [1.29, 1.82) is 0 Å². The number of fused-ring (bicyclic) bond motifs is 4. The summed E-state index contributed by atoms with van der Waals surface area (Å²) in [5.41, 5.74) is 4.36. The number of aromatic amines is 1. The highest BCUT2D eigenvalue weighted by Gasteiger charge is 2.35. The molecule has 1 aliphatic rings. The second-order valence-electron chi connectivity index (χ2n) is 7.18. The van der Waals surface area contributed by atoms with Gasteiger partial charge in [-0.25, -0.2) is 4.79 Å². The van der Waals surface area contributed by atoms with Crippen LogP contribution in [0.2, 0.25) is 0 Å². The number of halogens is 1. The summed E-state index contributed by atoms with van der Waals surface area (Å²) in [6, 6.07) is 15.4. The number of alkyl halides is 1. The van der Waals surface area contributed by atoms with E-state index in [1.165, 1.54) is 4.57 Å². The second kappa shape index (κ2) is 6.74. The molecule has 0 amide bonds. The molecule has 1 aliphatic heterocycles. The Hall–Kier alpha value is -3.12. The molecule has 6 nitrogen and oxygen atoms in total. The zero-order valence-electron chi connectivity index (χ0n) is 15.9. The highest BCUT2D eigenvalue weighted by Crippen LogP contribution is 2.41. The number of para-hydroxylation sites is 1. The topological polar surface area (TPSA) is 72.2 Å². The monoisotopic (exact) mass is 409 g/mol. The van der Waals surface area contributed by atoms with E-state index in [1.807, 2.05) is 42.5 Å². The molecule has 0 saturated carbocycles. The largest absolute Gasteiger partial charge is 0.497 e. The highest BCUT2D eigenvalue weighted by atomic mass is 35.5. The molecule has 4 aromatic rings. The maximum absolute atomic E-state index is 13.2. The molecule has 0 bridgehead atoms. The van der Waals surface area contributed by atoms with Crippen molar-refractivity contribution in [2.75, 3.05) is 13.0 Å². The van der Waals surface area contributed by atoms with Gasteiger partial charge in [0, 0.05) is 35.4 Å². The Morgan fingerprint density at radius 1 is 1.21 bits per heavy atom. The first-order valence-corrected chi connectivity index (χ1v) is 9.99. The number of nitrogens with zero attached hydrogens (tertiary/aromatic N) is 2. The normalized spacial score (nSPS) is 15.3. The molecule has 7 heteroatoms. The number of aromatic hydroxyl groups is 1. The van der Waals surface area contributed by atoms with E-state index in [0.29, 0.717) is 12.1 Å². The average Bonchev–Trinajstić information content (AvgIpc) is 3.23. The number of rotatable bonds is 4. The summed E-state index contributed by atoms with van der Waals surface area (Å²) in [5, 5.41) is 11.9. The van der Waals surface area contributed by atoms with E-state index in [1.54, 1.807) is 11.7 Å². The Morgan fingerprint density at radius 2 is 1.97 bits per heavy atom. The number of aromatic nitrogens is 3. The van der Waals surface area contributed by atoms with E-state index in [9.17, 15) is 9.90 Å². The van der Waals surface area contributed by atoms with Crippen molar-refractivity contribution in [3.8, 4) is 11.6 Å². The molecule has 2 N–H and O–H groups in total. The summed E-state index contributed by atoms with van der Waals surface area (Å²) in [4.78, 5) is 16.7. The van der Waals surface area contributed by atoms with Crippen molar-refractivity contribution in [2.24, 2.45) is 0 Å². The van der Waals surface area contributed by atoms with Crippen molar-refractivity contribution >= 4 is 22.5 Å². The molecule has 29 heavy (non-hydrogen) atoms. The van der Waals surface area contributed by atoms with Gasteiger partial charge in [-0.05, 0) is 29.3 Å². The molecule has 5 rings (SSSR count). The van der Waals surface area contributed by atoms with Crippen LogP contribution in [0.3, 0.4) is 0 Å². The fraction of sp³-hybridized carbons (Fsp3) is 0.227. The van der Waals surface area contributed by atoms with Crippen molar-refractivity contribution in [3.05, 3.63) is 81.5 Å². The SMILES string of the molecule is COc1ccc([C@H]2c3[nH]c4ccccc4c3Cc3c(O)n(CCCl)c(=O)n32)cc1. The number of ether oxygens (including phenoxy) is 1. The van der Waals surface area contributed by atoms with E-state index in [4.69, 9.17) is 16.3 Å². The molecule has 148 valence electrons. The van der Waals surface area contributed by atoms with E-state index < -0.39 is 0 Å². The van der Waals surface area contributed by atoms with Gasteiger partial charge >= 0.3 is 5.69 Å². The minimum absolute atomic E-state index is 0.00917. The first-order valence-electron chi connectivity index (χ1n) is 9.46. The lowest BCUT2D eigenvalue weighted by Gasteiger charge is -2.26. The average molecular weight is 410 g/mol. The summed E-state index contributed by atoms with van der Waals surface area (Å²) in [5.74, 6) is 0.986. The molecule has 0 aliphatic carbocycles. The Bertz CT molecular complexity index is 1270. The first kappa shape index (κ1) is 17.9. The van der Waals surface area contributed by atoms with Crippen LogP contribution in [-0.4, -0.2) is 32.2 Å². The number of H-pyrrole nitrogens is 1. The molecule has 0 fully saturated rings. The van der Waals surface area contributed by atoms with E-state index in [-0.39, 0.29) is 30.0 Å². The number of hydrogen-bond acceptors (Lipinski definition) is 3. The lowest BCUT2D eigenvalue weighted by molar-refractivity contribution is 0.413. The van der Waals surface area contributed by atoms with Gasteiger partial charge in [0.25, 0.3) is 0 Å². The van der Waals surface area contributed by atoms with Gasteiger partial charge in [0.2, 0.25) is 5.88 Å². The summed E-state index contributed by atoms with van der Waals surface area (Å²) in [6.45, 7) is 0.260. The summed E-state index contributed by atoms with van der Waals surface area (Å²) >= 11 is 5.88. The Balaban J connectivity index is 1.80. The first-order chi connectivity index (χ1) is 14.1. The van der Waals surface area contributed by atoms with Crippen molar-refractivity contribution in [1.82, 2.24) is 14.1 Å². The van der Waals surface area contributed by atoms with E-state index in [2.05, 4.69) is 11.1 Å². The quantitative estimate of drug-likeness (QED) is 0.445. The predicted molar refractivity (Wildman–Crippen MR) is 112 cm³/mol. The third-order valence-electron chi connectivity index (χ3n) is 5.70. The molecule has 3 heterocycles. The Kier molecular flexibility index (Phi) is 4.17. The smallest absolute Gasteiger partial charge is 0.332 e. The molecule has 1 atom stereocenters. The maximum Gasteiger partial charge on any atom is 0.332 e. The fourth-order valence-corrected chi connectivity index (χ4v) is 4.53. The minimum atomic E-state index is -0.373. The van der Waals surface area contributed by atoms with Crippen molar-refractivity contribution in [2.45, 2.75) is 19.0 Å². The second-order valence-corrected chi connectivity index (χ2v) is 7.56. The molecule has 0 radical (unpaired) electrons. The fourth-order valence-electron chi connectivity index (χ4n) is 4.36. The summed E-state index contributed by atoms with van der Waals surface area (Å²) in [6.07, 6.45) is 0.475. The van der Waals surface area contributed by atoms with Gasteiger partial charge in [-0.15, -0.1) is 11.6 Å². The maximum atomic E-state index is 13.2. The summed E-state index contributed by atoms with van der Waals surface area (Å²) < 4.78 is 8.32. The van der Waals surface area contributed by atoms with Crippen LogP contribution >= 0.6 is 11.6 Å². The lowest BCUT2D eigenvalue weighted by atomic mass is 9.93. The van der Waals surface area contributed by atoms with Gasteiger partial charge < -0.3 is 14.8 Å². The zero-order valence-corrected chi connectivity index (χ0v) is 16.6. The molecular weight excluding hydrogens is 390 g/mol. The lowest BCUT2D eigenvalue weighted by Crippen LogP contribution is -2.32. The number of benzene rings is 2. The Morgan fingerprint density at radius 3 is 2.69 bits per heavy atom. The van der Waals surface area contributed by atoms with Crippen LogP contribution in [0.25, 0.3) is 10.9 Å². The van der Waals surface area contributed by atoms with E-state index >= 15 is 0 Å². The van der Waals surface area contributed by atoms with Gasteiger partial charge in [0.05, 0.1) is 12.8 Å². The van der Waals surface area contributed by atoms with Gasteiger partial charge in [-0.3, -0.25) is 9.13 Å². The highest BCUT2D eigenvalue weighted by molar-refractivity contribution is 6.17. The van der Waals surface area contributed by atoms with Crippen LogP contribution in [0.15, 0.2) is 53.3 Å². The van der Waals surface area contributed by atoms with Crippen LogP contribution in [0.1, 0.15) is 28.6 Å². The van der Waals surface area contributed by atoms with Gasteiger partial charge in [-0.1, -0.05) is 30.3 Å². The molecular formula is C22H20ClN3O3. The number of hydrogen-bond donors (Lipinski definition) is 2. The van der Waals surface area contributed by atoms with Crippen LogP contribution in [0.5, 0.6) is 11.6 Å². The van der Waals surface area contributed by atoms with E-state index in [0.717, 1.165) is 33.5 Å². The molecule has 0 saturated heterocycles. The van der Waals surface area contributed by atoms with Crippen LogP contribution < -0.4 is 10.4 Å². The minimum Gasteiger partial charge on any atom is -0.497 e. The number of nitrogens with one attached hydrogen (secondary N) is 1. The Labute approximate surface area is 171 Å². The van der Waals surface area contributed by atoms with Crippen LogP contribution in [-0.2, 0) is 13.0 Å². The molecule has 0 spiro atoms. The molecule has 2 aromatic heterocycles. The molecule has 0 unspecified atom stereocenters.